The number of hydrogen-bond donors (Lipinski definition) is 1. The number of hydrogen-bond acceptors (Lipinski definition) is 6. The quantitative estimate of drug-likeness (QED) is 0.938. The molecule has 106 valence electrons. The van der Waals surface area contributed by atoms with E-state index in [1.807, 2.05) is 0 Å². The van der Waals surface area contributed by atoms with Crippen LogP contribution in [0.2, 0.25) is 0 Å². The number of nitrogens with one attached hydrogen (secondary N) is 1. The Balaban J connectivity index is 1.67. The van der Waals surface area contributed by atoms with E-state index in [1.165, 1.54) is 25.1 Å². The summed E-state index contributed by atoms with van der Waals surface area (Å²) in [6.07, 6.45) is 7.56. The number of piperidine rings is 1. The topological polar surface area (TPSA) is 53.9 Å². The smallest absolute Gasteiger partial charge is 0.188 e. The molecule has 0 aliphatic carbocycles. The first-order valence-electron chi connectivity index (χ1n) is 7.06. The molecule has 0 spiro atoms. The fourth-order valence-corrected chi connectivity index (χ4v) is 3.39. The number of nitrogens with zero attached hydrogens (tertiary/aromatic N) is 4. The summed E-state index contributed by atoms with van der Waals surface area (Å²) < 4.78 is 0. The van der Waals surface area contributed by atoms with E-state index in [4.69, 9.17) is 4.98 Å². The van der Waals surface area contributed by atoms with Crippen molar-refractivity contribution < 1.29 is 0 Å². The normalized spacial score (nSPS) is 19.9. The minimum atomic E-state index is 0.567. The van der Waals surface area contributed by atoms with Crippen LogP contribution < -0.4 is 5.32 Å². The standard InChI is InChI=1S/C14H19N5S/c1-2-19-7-3-4-11(9-19)12-10-20-14(17-12)18-13-8-15-5-6-16-13/h5-6,8,10-11H,2-4,7,9H2,1H3,(H,16,17,18)/t11-/m0/s1. The average molecular weight is 289 g/mol. The van der Waals surface area contributed by atoms with Gasteiger partial charge in [0.05, 0.1) is 11.9 Å². The Labute approximate surface area is 123 Å². The molecule has 1 N–H and O–H groups in total. The molecule has 2 aromatic rings. The molecule has 1 aliphatic rings. The predicted octanol–water partition coefficient (Wildman–Crippen LogP) is 2.88. The summed E-state index contributed by atoms with van der Waals surface area (Å²) in [6, 6.07) is 0. The number of likely N-dealkylation sites (N-methyl/N-ethyl adjacent to an activating group) is 1. The molecule has 2 aromatic heterocycles. The van der Waals surface area contributed by atoms with Gasteiger partial charge in [-0.05, 0) is 25.9 Å². The summed E-state index contributed by atoms with van der Waals surface area (Å²) in [5.41, 5.74) is 1.21. The van der Waals surface area contributed by atoms with E-state index in [1.54, 1.807) is 29.9 Å². The Bertz CT molecular complexity index is 542. The summed E-state index contributed by atoms with van der Waals surface area (Å²) in [6.45, 7) is 5.71. The van der Waals surface area contributed by atoms with Crippen molar-refractivity contribution in [3.05, 3.63) is 29.7 Å². The summed E-state index contributed by atoms with van der Waals surface area (Å²) in [7, 11) is 0. The average Bonchev–Trinajstić information content (AvgIpc) is 2.97. The molecule has 20 heavy (non-hydrogen) atoms. The molecule has 1 aliphatic heterocycles. The molecule has 3 heterocycles. The highest BCUT2D eigenvalue weighted by Gasteiger charge is 2.22. The van der Waals surface area contributed by atoms with Gasteiger partial charge in [0.1, 0.15) is 0 Å². The number of aromatic nitrogens is 3. The first-order valence-corrected chi connectivity index (χ1v) is 7.94. The fraction of sp³-hybridized carbons (Fsp3) is 0.500. The zero-order valence-electron chi connectivity index (χ0n) is 11.6. The van der Waals surface area contributed by atoms with Crippen LogP contribution in [-0.4, -0.2) is 39.5 Å². The van der Waals surface area contributed by atoms with Gasteiger partial charge in [0.25, 0.3) is 0 Å². The van der Waals surface area contributed by atoms with Crippen molar-refractivity contribution in [1.29, 1.82) is 0 Å². The second-order valence-electron chi connectivity index (χ2n) is 5.03. The van der Waals surface area contributed by atoms with Crippen molar-refractivity contribution in [2.45, 2.75) is 25.7 Å². The predicted molar refractivity (Wildman–Crippen MR) is 81.5 cm³/mol. The molecule has 1 fully saturated rings. The van der Waals surface area contributed by atoms with E-state index in [0.717, 1.165) is 24.0 Å². The SMILES string of the molecule is CCN1CCC[C@H](c2csc(Nc3cnccn3)n2)C1. The van der Waals surface area contributed by atoms with Crippen LogP contribution in [0.15, 0.2) is 24.0 Å². The third-order valence-electron chi connectivity index (χ3n) is 3.69. The second-order valence-corrected chi connectivity index (χ2v) is 5.88. The van der Waals surface area contributed by atoms with Crippen LogP contribution in [0, 0.1) is 0 Å². The number of anilines is 2. The minimum absolute atomic E-state index is 0.567. The van der Waals surface area contributed by atoms with Crippen LogP contribution in [0.25, 0.3) is 0 Å². The molecule has 6 heteroatoms. The van der Waals surface area contributed by atoms with Crippen LogP contribution in [0.1, 0.15) is 31.4 Å². The van der Waals surface area contributed by atoms with Crippen molar-refractivity contribution in [1.82, 2.24) is 19.9 Å². The van der Waals surface area contributed by atoms with Crippen molar-refractivity contribution in [3.63, 3.8) is 0 Å². The molecule has 1 saturated heterocycles. The zero-order valence-corrected chi connectivity index (χ0v) is 12.4. The van der Waals surface area contributed by atoms with E-state index < -0.39 is 0 Å². The fourth-order valence-electron chi connectivity index (χ4n) is 2.59. The van der Waals surface area contributed by atoms with Gasteiger partial charge in [-0.1, -0.05) is 6.92 Å². The molecule has 0 radical (unpaired) electrons. The highest BCUT2D eigenvalue weighted by Crippen LogP contribution is 2.30. The van der Waals surface area contributed by atoms with Crippen LogP contribution >= 0.6 is 11.3 Å². The number of rotatable bonds is 4. The van der Waals surface area contributed by atoms with Gasteiger partial charge in [0.15, 0.2) is 10.9 Å². The highest BCUT2D eigenvalue weighted by molar-refractivity contribution is 7.13. The second kappa shape index (κ2) is 6.28. The van der Waals surface area contributed by atoms with Crippen LogP contribution in [-0.2, 0) is 0 Å². The summed E-state index contributed by atoms with van der Waals surface area (Å²) in [5, 5.41) is 6.28. The van der Waals surface area contributed by atoms with Crippen LogP contribution in [0.5, 0.6) is 0 Å². The Morgan fingerprint density at radius 3 is 3.20 bits per heavy atom. The van der Waals surface area contributed by atoms with Gasteiger partial charge in [-0.25, -0.2) is 9.97 Å². The van der Waals surface area contributed by atoms with Gasteiger partial charge in [-0.2, -0.15) is 0 Å². The largest absolute Gasteiger partial charge is 0.315 e. The Hall–Kier alpha value is -1.53. The van der Waals surface area contributed by atoms with Gasteiger partial charge in [0.2, 0.25) is 0 Å². The molecule has 0 aromatic carbocycles. The first-order chi connectivity index (χ1) is 9.85. The van der Waals surface area contributed by atoms with E-state index in [-0.39, 0.29) is 0 Å². The van der Waals surface area contributed by atoms with E-state index >= 15 is 0 Å². The Morgan fingerprint density at radius 2 is 2.40 bits per heavy atom. The molecule has 0 saturated carbocycles. The molecule has 5 nitrogen and oxygen atoms in total. The molecule has 3 rings (SSSR count). The maximum atomic E-state index is 4.71. The van der Waals surface area contributed by atoms with Crippen molar-refractivity contribution in [2.75, 3.05) is 25.0 Å². The molecule has 0 bridgehead atoms. The van der Waals surface area contributed by atoms with Crippen molar-refractivity contribution in [3.8, 4) is 0 Å². The maximum absolute atomic E-state index is 4.71. The van der Waals surface area contributed by atoms with Gasteiger partial charge in [0, 0.05) is 30.2 Å². The lowest BCUT2D eigenvalue weighted by molar-refractivity contribution is 0.216. The lowest BCUT2D eigenvalue weighted by Crippen LogP contribution is -2.34. The number of likely N-dealkylation sites (tertiary alicyclic amines) is 1. The molecule has 1 atom stereocenters. The van der Waals surface area contributed by atoms with Gasteiger partial charge < -0.3 is 10.2 Å². The third kappa shape index (κ3) is 3.13. The van der Waals surface area contributed by atoms with E-state index in [0.29, 0.717) is 5.92 Å². The van der Waals surface area contributed by atoms with E-state index in [2.05, 4.69) is 32.5 Å². The van der Waals surface area contributed by atoms with Crippen molar-refractivity contribution in [2.24, 2.45) is 0 Å². The highest BCUT2D eigenvalue weighted by atomic mass is 32.1. The minimum Gasteiger partial charge on any atom is -0.315 e. The summed E-state index contributed by atoms with van der Waals surface area (Å²) >= 11 is 1.64. The molecule has 0 amide bonds. The summed E-state index contributed by atoms with van der Waals surface area (Å²) in [4.78, 5) is 15.5. The van der Waals surface area contributed by atoms with Crippen LogP contribution in [0.3, 0.4) is 0 Å². The maximum Gasteiger partial charge on any atom is 0.188 e. The van der Waals surface area contributed by atoms with Gasteiger partial charge >= 0.3 is 0 Å². The van der Waals surface area contributed by atoms with Gasteiger partial charge in [-0.3, -0.25) is 4.98 Å². The summed E-state index contributed by atoms with van der Waals surface area (Å²) in [5.74, 6) is 1.31. The molecular formula is C14H19N5S. The molecular weight excluding hydrogens is 270 g/mol. The van der Waals surface area contributed by atoms with Crippen molar-refractivity contribution >= 4 is 22.3 Å². The molecule has 0 unspecified atom stereocenters. The van der Waals surface area contributed by atoms with E-state index in [9.17, 15) is 0 Å². The Morgan fingerprint density at radius 1 is 1.45 bits per heavy atom. The third-order valence-corrected chi connectivity index (χ3v) is 4.47. The Kier molecular flexibility index (Phi) is 4.22. The lowest BCUT2D eigenvalue weighted by atomic mass is 9.95. The number of thiazole rings is 1. The lowest BCUT2D eigenvalue weighted by Gasteiger charge is -2.30. The van der Waals surface area contributed by atoms with Gasteiger partial charge in [-0.15, -0.1) is 11.3 Å². The van der Waals surface area contributed by atoms with Crippen LogP contribution in [0.4, 0.5) is 10.9 Å². The first kappa shape index (κ1) is 13.5. The zero-order chi connectivity index (χ0) is 13.8. The monoisotopic (exact) mass is 289 g/mol.